The Balaban J connectivity index is 1.81. The second-order valence-electron chi connectivity index (χ2n) is 8.48. The number of nitrogens with zero attached hydrogens (tertiary/aromatic N) is 2. The summed E-state index contributed by atoms with van der Waals surface area (Å²) in [5.74, 6) is -0.718. The zero-order valence-electron chi connectivity index (χ0n) is 18.0. The minimum absolute atomic E-state index is 0.358. The Labute approximate surface area is 180 Å². The topological polar surface area (TPSA) is 69.6 Å². The quantitative estimate of drug-likeness (QED) is 0.503. The van der Waals surface area contributed by atoms with Crippen LogP contribution in [-0.4, -0.2) is 40.2 Å². The molecule has 4 heterocycles. The number of pyridine rings is 1. The maximum Gasteiger partial charge on any atom is 0.261 e. The highest BCUT2D eigenvalue weighted by Crippen LogP contribution is 2.37. The molecule has 0 aliphatic carbocycles. The number of carbonyl (C=O) groups excluding carboxylic acids is 2. The van der Waals surface area contributed by atoms with Crippen LogP contribution in [0.2, 0.25) is 0 Å². The van der Waals surface area contributed by atoms with E-state index >= 15 is 0 Å². The SMILES string of the molecule is Cc1cc2ccc(CN(C)C)cn2c1C1=C(c2c[nH]c3c(C)cccc23)C(=O)NC1=O. The Hall–Kier alpha value is -3.64. The van der Waals surface area contributed by atoms with Crippen LogP contribution < -0.4 is 5.32 Å². The monoisotopic (exact) mass is 412 g/mol. The van der Waals surface area contributed by atoms with Gasteiger partial charge in [0.25, 0.3) is 11.8 Å². The molecule has 6 nitrogen and oxygen atoms in total. The Morgan fingerprint density at radius 3 is 2.52 bits per heavy atom. The van der Waals surface area contributed by atoms with Gasteiger partial charge in [0.1, 0.15) is 0 Å². The van der Waals surface area contributed by atoms with Crippen molar-refractivity contribution in [2.24, 2.45) is 0 Å². The molecule has 6 heteroatoms. The van der Waals surface area contributed by atoms with Gasteiger partial charge >= 0.3 is 0 Å². The predicted octanol–water partition coefficient (Wildman–Crippen LogP) is 3.67. The second-order valence-corrected chi connectivity index (χ2v) is 8.48. The van der Waals surface area contributed by atoms with Crippen molar-refractivity contribution >= 4 is 39.4 Å². The highest BCUT2D eigenvalue weighted by Gasteiger charge is 2.35. The van der Waals surface area contributed by atoms with Crippen LogP contribution in [-0.2, 0) is 16.1 Å². The summed E-state index contributed by atoms with van der Waals surface area (Å²) in [5.41, 5.74) is 7.49. The molecule has 1 aliphatic rings. The highest BCUT2D eigenvalue weighted by atomic mass is 16.2. The van der Waals surface area contributed by atoms with Crippen molar-refractivity contribution in [2.75, 3.05) is 14.1 Å². The summed E-state index contributed by atoms with van der Waals surface area (Å²) in [7, 11) is 4.05. The largest absolute Gasteiger partial charge is 0.360 e. The van der Waals surface area contributed by atoms with Gasteiger partial charge in [-0.1, -0.05) is 24.3 Å². The zero-order chi connectivity index (χ0) is 21.9. The molecule has 156 valence electrons. The van der Waals surface area contributed by atoms with Crippen LogP contribution in [0, 0.1) is 13.8 Å². The first-order chi connectivity index (χ1) is 14.8. The summed E-state index contributed by atoms with van der Waals surface area (Å²) < 4.78 is 2.03. The zero-order valence-corrected chi connectivity index (χ0v) is 18.0. The molecule has 5 rings (SSSR count). The predicted molar refractivity (Wildman–Crippen MR) is 123 cm³/mol. The van der Waals surface area contributed by atoms with Crippen LogP contribution in [0.15, 0.2) is 48.8 Å². The number of imide groups is 1. The van der Waals surface area contributed by atoms with Gasteiger partial charge in [0, 0.05) is 40.9 Å². The van der Waals surface area contributed by atoms with E-state index in [-0.39, 0.29) is 11.8 Å². The maximum absolute atomic E-state index is 13.0. The van der Waals surface area contributed by atoms with Crippen LogP contribution in [0.25, 0.3) is 27.6 Å². The first-order valence-electron chi connectivity index (χ1n) is 10.3. The molecule has 0 atom stereocenters. The normalized spacial score (nSPS) is 14.5. The van der Waals surface area contributed by atoms with E-state index in [1.807, 2.05) is 56.7 Å². The number of benzene rings is 1. The van der Waals surface area contributed by atoms with Crippen molar-refractivity contribution in [3.05, 3.63) is 76.7 Å². The number of hydrogen-bond acceptors (Lipinski definition) is 3. The van der Waals surface area contributed by atoms with E-state index in [0.717, 1.165) is 50.9 Å². The number of fused-ring (bicyclic) bond motifs is 2. The lowest BCUT2D eigenvalue weighted by Gasteiger charge is -2.12. The average Bonchev–Trinajstić information content (AvgIpc) is 3.34. The second kappa shape index (κ2) is 6.96. The molecule has 0 saturated carbocycles. The van der Waals surface area contributed by atoms with Crippen molar-refractivity contribution in [2.45, 2.75) is 20.4 Å². The van der Waals surface area contributed by atoms with Crippen LogP contribution >= 0.6 is 0 Å². The summed E-state index contributed by atoms with van der Waals surface area (Å²) in [6, 6.07) is 12.2. The first kappa shape index (κ1) is 19.3. The molecule has 2 N–H and O–H groups in total. The van der Waals surface area contributed by atoms with E-state index < -0.39 is 0 Å². The summed E-state index contributed by atoms with van der Waals surface area (Å²) in [5, 5.41) is 3.46. The van der Waals surface area contributed by atoms with E-state index in [4.69, 9.17) is 0 Å². The number of carbonyl (C=O) groups is 2. The number of H-pyrrole nitrogens is 1. The van der Waals surface area contributed by atoms with Gasteiger partial charge in [0.05, 0.1) is 16.8 Å². The van der Waals surface area contributed by atoms with Gasteiger partial charge in [-0.25, -0.2) is 0 Å². The van der Waals surface area contributed by atoms with Crippen molar-refractivity contribution in [3.63, 3.8) is 0 Å². The van der Waals surface area contributed by atoms with Crippen molar-refractivity contribution < 1.29 is 9.59 Å². The van der Waals surface area contributed by atoms with E-state index in [1.165, 1.54) is 0 Å². The van der Waals surface area contributed by atoms with E-state index in [2.05, 4.69) is 39.6 Å². The Kier molecular flexibility index (Phi) is 4.34. The van der Waals surface area contributed by atoms with E-state index in [0.29, 0.717) is 11.1 Å². The number of aromatic amines is 1. The lowest BCUT2D eigenvalue weighted by molar-refractivity contribution is -0.122. The molecule has 3 aromatic heterocycles. The molecule has 4 aromatic rings. The third-order valence-electron chi connectivity index (χ3n) is 5.88. The van der Waals surface area contributed by atoms with Gasteiger partial charge in [-0.05, 0) is 56.8 Å². The molecule has 0 saturated heterocycles. The van der Waals surface area contributed by atoms with E-state index in [1.54, 1.807) is 0 Å². The van der Waals surface area contributed by atoms with Crippen LogP contribution in [0.5, 0.6) is 0 Å². The fourth-order valence-electron chi connectivity index (χ4n) is 4.57. The van der Waals surface area contributed by atoms with Crippen molar-refractivity contribution in [1.29, 1.82) is 0 Å². The molecule has 1 aromatic carbocycles. The molecule has 1 aliphatic heterocycles. The average molecular weight is 412 g/mol. The van der Waals surface area contributed by atoms with E-state index in [9.17, 15) is 9.59 Å². The lowest BCUT2D eigenvalue weighted by Crippen LogP contribution is -2.23. The van der Waals surface area contributed by atoms with Crippen molar-refractivity contribution in [3.8, 4) is 0 Å². The minimum atomic E-state index is -0.360. The summed E-state index contributed by atoms with van der Waals surface area (Å²) in [4.78, 5) is 31.4. The third-order valence-corrected chi connectivity index (χ3v) is 5.88. The Bertz CT molecular complexity index is 1420. The highest BCUT2D eigenvalue weighted by molar-refractivity contribution is 6.50. The van der Waals surface area contributed by atoms with Gasteiger partial charge in [0.2, 0.25) is 0 Å². The fourth-order valence-corrected chi connectivity index (χ4v) is 4.57. The number of para-hydroxylation sites is 1. The number of aryl methyl sites for hydroxylation is 2. The van der Waals surface area contributed by atoms with Crippen LogP contribution in [0.1, 0.15) is 27.9 Å². The van der Waals surface area contributed by atoms with Gasteiger partial charge < -0.3 is 14.3 Å². The smallest absolute Gasteiger partial charge is 0.261 e. The molecule has 0 fully saturated rings. The van der Waals surface area contributed by atoms with Crippen LogP contribution in [0.3, 0.4) is 0 Å². The maximum atomic E-state index is 13.0. The van der Waals surface area contributed by atoms with Gasteiger partial charge in [-0.15, -0.1) is 0 Å². The standard InChI is InChI=1S/C25H24N4O2/c1-14-6-5-7-18-19(11-26-22(14)18)20-21(25(31)27-24(20)30)23-15(2)10-17-9-8-16(12-28(3)4)13-29(17)23/h5-11,13,26H,12H2,1-4H3,(H,27,30,31). The molecule has 2 amide bonds. The molecule has 31 heavy (non-hydrogen) atoms. The molecular formula is C25H24N4O2. The van der Waals surface area contributed by atoms with Crippen LogP contribution in [0.4, 0.5) is 0 Å². The molecule has 0 spiro atoms. The molecular weight excluding hydrogens is 388 g/mol. The Morgan fingerprint density at radius 2 is 1.74 bits per heavy atom. The van der Waals surface area contributed by atoms with Gasteiger partial charge in [0.15, 0.2) is 0 Å². The number of hydrogen-bond donors (Lipinski definition) is 2. The minimum Gasteiger partial charge on any atom is -0.360 e. The van der Waals surface area contributed by atoms with Crippen molar-refractivity contribution in [1.82, 2.24) is 19.6 Å². The van der Waals surface area contributed by atoms with Gasteiger partial charge in [-0.2, -0.15) is 0 Å². The molecule has 0 unspecified atom stereocenters. The third kappa shape index (κ3) is 2.99. The lowest BCUT2D eigenvalue weighted by atomic mass is 9.97. The molecule has 0 bridgehead atoms. The molecule has 0 radical (unpaired) electrons. The number of rotatable bonds is 4. The van der Waals surface area contributed by atoms with Gasteiger partial charge in [-0.3, -0.25) is 14.9 Å². The number of amides is 2. The number of nitrogens with one attached hydrogen (secondary N) is 2. The number of aromatic nitrogens is 2. The fraction of sp³-hybridized carbons (Fsp3) is 0.200. The summed E-state index contributed by atoms with van der Waals surface area (Å²) in [6.07, 6.45) is 3.88. The Morgan fingerprint density at radius 1 is 0.968 bits per heavy atom. The summed E-state index contributed by atoms with van der Waals surface area (Å²) >= 11 is 0. The summed E-state index contributed by atoms with van der Waals surface area (Å²) in [6.45, 7) is 4.79. The first-order valence-corrected chi connectivity index (χ1v) is 10.3.